The highest BCUT2D eigenvalue weighted by atomic mass is 79.9. The molecule has 34 heteroatoms. The topological polar surface area (TPSA) is 383 Å². The molecule has 6 aromatic rings. The Hall–Kier alpha value is -8.39. The number of nitrogens with one attached hydrogen (secondary N) is 1. The number of ether oxygens (including phenoxy) is 10. The monoisotopic (exact) mass is 1680 g/mol. The molecule has 0 spiro atoms. The number of aryl methyl sites for hydroxylation is 4. The quantitative estimate of drug-likeness (QED) is 0.00823. The highest BCUT2D eigenvalue weighted by Crippen LogP contribution is 2.39. The van der Waals surface area contributed by atoms with Crippen LogP contribution in [-0.2, 0) is 26.3 Å². The van der Waals surface area contributed by atoms with Gasteiger partial charge in [-0.3, -0.25) is 30.3 Å². The minimum Gasteiger partial charge on any atom is -0.493 e. The number of benzene rings is 5. The second-order valence-corrected chi connectivity index (χ2v) is 26.4. The van der Waals surface area contributed by atoms with Gasteiger partial charge in [-0.25, -0.2) is 4.98 Å². The molecule has 4 fully saturated rings. The molecule has 8 N–H and O–H groups in total. The number of halogens is 4. The number of nitrogens with two attached hydrogens (primary N) is 3. The lowest BCUT2D eigenvalue weighted by molar-refractivity contribution is -0.387. The summed E-state index contributed by atoms with van der Waals surface area (Å²) >= 11 is 13.5. The van der Waals surface area contributed by atoms with Crippen molar-refractivity contribution >= 4 is 78.9 Å². The number of alkyl halides is 2. The number of aliphatic hydroxyl groups excluding tert-OH is 1. The number of fused-ring (bicyclic) bond motifs is 1. The fourth-order valence-electron chi connectivity index (χ4n) is 11.8. The van der Waals surface area contributed by atoms with Crippen LogP contribution in [0, 0.1) is 46.4 Å². The second-order valence-electron chi connectivity index (χ2n) is 25.3. The molecule has 30 nitrogen and oxygen atoms in total. The van der Waals surface area contributed by atoms with E-state index in [4.69, 9.17) is 98.1 Å². The van der Waals surface area contributed by atoms with E-state index in [0.29, 0.717) is 104 Å². The van der Waals surface area contributed by atoms with Crippen LogP contribution in [0.5, 0.6) is 57.5 Å². The van der Waals surface area contributed by atoms with E-state index >= 15 is 0 Å². The minimum absolute atomic E-state index is 0.0548. The van der Waals surface area contributed by atoms with Crippen molar-refractivity contribution in [3.05, 3.63) is 114 Å². The maximum Gasteiger partial charge on any atom is 0.308 e. The summed E-state index contributed by atoms with van der Waals surface area (Å²) in [6.45, 7) is 24.1. The van der Waals surface area contributed by atoms with Crippen molar-refractivity contribution in [3.8, 4) is 62.5 Å². The summed E-state index contributed by atoms with van der Waals surface area (Å²) in [5, 5.41) is 50.1. The van der Waals surface area contributed by atoms with Crippen molar-refractivity contribution in [1.82, 2.24) is 29.6 Å². The van der Waals surface area contributed by atoms with Gasteiger partial charge in [0.2, 0.25) is 11.8 Å². The predicted octanol–water partition coefficient (Wildman–Crippen LogP) is 14.5. The molecule has 4 aliphatic heterocycles. The molecular weight excluding hydrogens is 1560 g/mol. The molecule has 0 unspecified atom stereocenters. The summed E-state index contributed by atoms with van der Waals surface area (Å²) < 4.78 is 69.4. The van der Waals surface area contributed by atoms with E-state index in [1.54, 1.807) is 38.4 Å². The summed E-state index contributed by atoms with van der Waals surface area (Å²) in [7, 11) is 10.6. The van der Waals surface area contributed by atoms with Crippen LogP contribution >= 0.6 is 39.1 Å². The van der Waals surface area contributed by atoms with Crippen molar-refractivity contribution in [3.63, 3.8) is 0 Å². The first-order valence-corrected chi connectivity index (χ1v) is 39.8. The number of hydrogen-bond acceptors (Lipinski definition) is 26. The van der Waals surface area contributed by atoms with E-state index in [-0.39, 0.29) is 34.4 Å². The summed E-state index contributed by atoms with van der Waals surface area (Å²) in [6.07, 6.45) is 16.9. The molecule has 4 saturated heterocycles. The number of hydrogen-bond donors (Lipinski definition) is 5. The van der Waals surface area contributed by atoms with Crippen molar-refractivity contribution in [1.29, 1.82) is 5.26 Å². The summed E-state index contributed by atoms with van der Waals surface area (Å²) in [4.78, 5) is 44.4. The largest absolute Gasteiger partial charge is 0.493 e. The van der Waals surface area contributed by atoms with Gasteiger partial charge in [-0.15, -0.1) is 23.2 Å². The highest BCUT2D eigenvalue weighted by molar-refractivity contribution is 9.12. The van der Waals surface area contributed by atoms with Crippen molar-refractivity contribution in [2.45, 2.75) is 130 Å². The van der Waals surface area contributed by atoms with Gasteiger partial charge in [0.1, 0.15) is 4.98 Å². The number of nitro groups is 3. The van der Waals surface area contributed by atoms with Gasteiger partial charge in [0.25, 0.3) is 11.4 Å². The number of aromatic nitrogens is 2. The van der Waals surface area contributed by atoms with E-state index < -0.39 is 21.4 Å². The Morgan fingerprint density at radius 2 is 0.812 bits per heavy atom. The Balaban J connectivity index is 0.000000457. The number of rotatable bonds is 34. The molecule has 0 bridgehead atoms. The number of methoxy groups -OCH3 is 5. The maximum absolute atomic E-state index is 13.3. The summed E-state index contributed by atoms with van der Waals surface area (Å²) in [6, 6.07) is 15.9. The average molecular weight is 1680 g/mol. The van der Waals surface area contributed by atoms with Crippen LogP contribution in [-0.4, -0.2) is 210 Å². The van der Waals surface area contributed by atoms with Crippen molar-refractivity contribution < 1.29 is 71.6 Å². The lowest BCUT2D eigenvalue weighted by Crippen LogP contribution is -2.22. The number of aliphatic hydroxyl groups is 1. The van der Waals surface area contributed by atoms with Crippen LogP contribution in [0.3, 0.4) is 0 Å². The molecule has 0 atom stereocenters. The molecule has 4 aliphatic rings. The fraction of sp³-hybridized carbons (Fsp3) is 0.590. The van der Waals surface area contributed by atoms with Gasteiger partial charge < -0.3 is 94.3 Å². The highest BCUT2D eigenvalue weighted by Gasteiger charge is 2.23. The first-order chi connectivity index (χ1) is 54.1. The molecule has 0 amide bonds. The zero-order valence-corrected chi connectivity index (χ0v) is 70.4. The second kappa shape index (κ2) is 59.3. The van der Waals surface area contributed by atoms with Gasteiger partial charge in [-0.05, 0) is 185 Å². The fourth-order valence-corrected chi connectivity index (χ4v) is 12.0. The molecular formula is C78H121BrCl2FN13O17. The third kappa shape index (κ3) is 36.2. The number of likely N-dealkylation sites (tertiary alicyclic amines) is 3. The van der Waals surface area contributed by atoms with Crippen LogP contribution in [0.4, 0.5) is 33.1 Å². The van der Waals surface area contributed by atoms with Crippen LogP contribution in [0.1, 0.15) is 128 Å². The van der Waals surface area contributed by atoms with Crippen LogP contribution in [0.25, 0.3) is 11.0 Å². The Morgan fingerprint density at radius 1 is 0.509 bits per heavy atom. The first kappa shape index (κ1) is 99.7. The molecule has 0 aliphatic carbocycles. The van der Waals surface area contributed by atoms with Gasteiger partial charge in [-0.2, -0.15) is 9.65 Å². The van der Waals surface area contributed by atoms with Gasteiger partial charge in [-0.1, -0.05) is 27.7 Å². The number of imidazole rings is 1. The Bertz CT molecular complexity index is 3690. The van der Waals surface area contributed by atoms with Crippen molar-refractivity contribution in [2.75, 3.05) is 177 Å². The van der Waals surface area contributed by atoms with E-state index in [2.05, 4.69) is 47.9 Å². The molecule has 5 heterocycles. The Labute approximate surface area is 678 Å². The number of nitrogens with zero attached hydrogens (tertiary/aromatic N) is 9. The Morgan fingerprint density at radius 3 is 1.12 bits per heavy atom. The molecule has 10 rings (SSSR count). The van der Waals surface area contributed by atoms with Gasteiger partial charge in [0.05, 0.1) is 113 Å². The third-order valence-electron chi connectivity index (χ3n) is 17.6. The van der Waals surface area contributed by atoms with Gasteiger partial charge in [0.15, 0.2) is 57.5 Å². The Kier molecular flexibility index (Phi) is 52.8. The lowest BCUT2D eigenvalue weighted by atomic mass is 10.1. The molecule has 628 valence electrons. The van der Waals surface area contributed by atoms with Gasteiger partial charge in [0, 0.05) is 103 Å². The van der Waals surface area contributed by atoms with Crippen molar-refractivity contribution in [2.24, 2.45) is 12.8 Å². The normalized spacial score (nSPS) is 13.3. The summed E-state index contributed by atoms with van der Waals surface area (Å²) in [5.41, 5.74) is 21.2. The lowest BCUT2D eigenvalue weighted by Gasteiger charge is -2.16. The maximum atomic E-state index is 13.3. The van der Waals surface area contributed by atoms with E-state index in [9.17, 15) is 34.7 Å². The number of nitrogen functional groups attached to an aromatic ring is 2. The number of anilines is 2. The van der Waals surface area contributed by atoms with E-state index in [1.165, 1.54) is 130 Å². The zero-order chi connectivity index (χ0) is 83.2. The molecule has 0 radical (unpaired) electrons. The van der Waals surface area contributed by atoms with Gasteiger partial charge >= 0.3 is 5.69 Å². The van der Waals surface area contributed by atoms with E-state index in [1.807, 2.05) is 56.7 Å². The summed E-state index contributed by atoms with van der Waals surface area (Å²) in [5.74, 6) is 5.54. The molecule has 1 aromatic heterocycles. The third-order valence-corrected chi connectivity index (χ3v) is 18.1. The van der Waals surface area contributed by atoms with Crippen LogP contribution in [0.15, 0.2) is 60.7 Å². The smallest absolute Gasteiger partial charge is 0.308 e. The standard InChI is InChI=1S/C16H24N4O2.C16H24N2O4.C16H26N2O2.C12H16ClNO4.C10H11ClFNO4.C4H9N.C2H7N.CBrN.CH4O/c1-19-13-11-14(21-2)15(10-12(13)18-16(19)17)22-9-5-8-20-6-3-4-7-20;1-3-13-11-15(21-2)16(12-14(13)18(19)20)22-10-6-9-17-7-4-5-8-17;1-3-13-11-15(19-2)16(12-14(13)17)20-10-6-9-18-7-4-5-8-18;1-3-9-7-11(17-2)12(18-6-4-5-13)8-10(9)14(15)16;1-16-9-5-7(12)8(13(14)15)6-10(9)17-4-2-3-11;1-2-4-5-3-1;1-2-3;2-1-3;1-2/h10-11H,3-9H2,1-2H3,(H2,17,18);11-12H,3-10H2,1-2H3;11-12H,3-10,17H2,1-2H3;7-8H,3-6H2,1-2H3;5-6H,2-4H2,1H3;5H,1-4H2;2-3H2,1H3;;2H,1H3. The number of nitriles is 1. The molecule has 112 heavy (non-hydrogen) atoms. The minimum atomic E-state index is -0.962. The number of nitro benzene ring substituents is 3. The SMILES string of the molecule is C1CCNC1.CCN.CCc1cc(OC)c(OCCCCl)cc1[N+](=O)[O-].CCc1cc(OC)c(OCCCN2CCCC2)cc1N.CCc1cc(OC)c(OCCCN2CCCC2)cc1[N+](=O)[O-].CO.COc1cc(F)c([N+](=O)[O-])cc1OCCCCl.COc1cc2c(cc1OCCCN1CCCC1)nc(N)n2C.N#CBr. The zero-order valence-electron chi connectivity index (χ0n) is 67.3. The van der Waals surface area contributed by atoms with Crippen LogP contribution in [0.2, 0.25) is 0 Å². The van der Waals surface area contributed by atoms with Crippen LogP contribution < -0.4 is 69.9 Å². The molecule has 0 saturated carbocycles. The molecule has 5 aromatic carbocycles. The van der Waals surface area contributed by atoms with E-state index in [0.717, 1.165) is 116 Å². The first-order valence-electron chi connectivity index (χ1n) is 37.9. The average Bonchev–Trinajstić information content (AvgIpc) is 1.60. The predicted molar refractivity (Wildman–Crippen MR) is 445 cm³/mol.